The molecule has 0 unspecified atom stereocenters. The standard InChI is InChI=1S/C11H12BrNO2/c12-10-7-8(13-5-1-2-6-13)3-4-9(10)11(14)15/h3-4,7H,1-2,5-6H2,(H,14,15). The van der Waals surface area contributed by atoms with E-state index in [0.717, 1.165) is 18.8 Å². The van der Waals surface area contributed by atoms with Crippen molar-refractivity contribution in [2.75, 3.05) is 18.0 Å². The fourth-order valence-corrected chi connectivity index (χ4v) is 2.39. The molecular weight excluding hydrogens is 258 g/mol. The summed E-state index contributed by atoms with van der Waals surface area (Å²) in [6.45, 7) is 2.14. The number of nitrogens with zero attached hydrogens (tertiary/aromatic N) is 1. The highest BCUT2D eigenvalue weighted by molar-refractivity contribution is 9.10. The van der Waals surface area contributed by atoms with Crippen molar-refractivity contribution in [1.82, 2.24) is 0 Å². The van der Waals surface area contributed by atoms with E-state index in [-0.39, 0.29) is 0 Å². The lowest BCUT2D eigenvalue weighted by molar-refractivity contribution is 0.0696. The zero-order valence-electron chi connectivity index (χ0n) is 8.24. The highest BCUT2D eigenvalue weighted by Crippen LogP contribution is 2.26. The Labute approximate surface area is 96.8 Å². The minimum Gasteiger partial charge on any atom is -0.478 e. The van der Waals surface area contributed by atoms with Crippen molar-refractivity contribution in [2.45, 2.75) is 12.8 Å². The maximum absolute atomic E-state index is 10.8. The highest BCUT2D eigenvalue weighted by atomic mass is 79.9. The summed E-state index contributed by atoms with van der Waals surface area (Å²) in [6, 6.07) is 5.41. The average molecular weight is 270 g/mol. The third kappa shape index (κ3) is 2.15. The lowest BCUT2D eigenvalue weighted by Gasteiger charge is -2.18. The van der Waals surface area contributed by atoms with E-state index in [9.17, 15) is 4.79 Å². The molecule has 1 aromatic rings. The van der Waals surface area contributed by atoms with Crippen LogP contribution in [0.4, 0.5) is 5.69 Å². The molecule has 4 heteroatoms. The van der Waals surface area contributed by atoms with Crippen molar-refractivity contribution in [3.05, 3.63) is 28.2 Å². The van der Waals surface area contributed by atoms with E-state index in [4.69, 9.17) is 5.11 Å². The minimum absolute atomic E-state index is 0.318. The molecule has 2 rings (SSSR count). The van der Waals surface area contributed by atoms with Crippen LogP contribution in [0.3, 0.4) is 0 Å². The van der Waals surface area contributed by atoms with Gasteiger partial charge in [0.25, 0.3) is 0 Å². The molecule has 0 bridgehead atoms. The Morgan fingerprint density at radius 3 is 2.53 bits per heavy atom. The van der Waals surface area contributed by atoms with Crippen LogP contribution in [0.1, 0.15) is 23.2 Å². The third-order valence-electron chi connectivity index (χ3n) is 2.65. The van der Waals surface area contributed by atoms with Gasteiger partial charge < -0.3 is 10.0 Å². The van der Waals surface area contributed by atoms with Crippen LogP contribution < -0.4 is 4.90 Å². The van der Waals surface area contributed by atoms with E-state index >= 15 is 0 Å². The molecule has 1 aliphatic rings. The average Bonchev–Trinajstić information content (AvgIpc) is 2.69. The molecule has 1 fully saturated rings. The summed E-state index contributed by atoms with van der Waals surface area (Å²) in [4.78, 5) is 13.1. The first kappa shape index (κ1) is 10.5. The summed E-state index contributed by atoms with van der Waals surface area (Å²) in [5.74, 6) is -0.894. The highest BCUT2D eigenvalue weighted by Gasteiger charge is 2.15. The monoisotopic (exact) mass is 269 g/mol. The molecule has 1 aromatic carbocycles. The van der Waals surface area contributed by atoms with Crippen molar-refractivity contribution in [3.8, 4) is 0 Å². The largest absolute Gasteiger partial charge is 0.478 e. The molecule has 0 aromatic heterocycles. The molecule has 1 aliphatic heterocycles. The van der Waals surface area contributed by atoms with E-state index in [1.54, 1.807) is 6.07 Å². The Bertz CT molecular complexity index is 386. The van der Waals surface area contributed by atoms with Gasteiger partial charge in [-0.3, -0.25) is 0 Å². The van der Waals surface area contributed by atoms with E-state index in [2.05, 4.69) is 20.8 Å². The number of benzene rings is 1. The van der Waals surface area contributed by atoms with Gasteiger partial charge in [0.1, 0.15) is 0 Å². The Kier molecular flexibility index (Phi) is 2.95. The van der Waals surface area contributed by atoms with Crippen molar-refractivity contribution in [1.29, 1.82) is 0 Å². The third-order valence-corrected chi connectivity index (χ3v) is 3.31. The number of anilines is 1. The summed E-state index contributed by atoms with van der Waals surface area (Å²) in [5, 5.41) is 8.88. The molecule has 0 atom stereocenters. The van der Waals surface area contributed by atoms with E-state index in [1.807, 2.05) is 12.1 Å². The number of hydrogen-bond acceptors (Lipinski definition) is 2. The van der Waals surface area contributed by atoms with Crippen molar-refractivity contribution < 1.29 is 9.90 Å². The van der Waals surface area contributed by atoms with Crippen LogP contribution in [0.2, 0.25) is 0 Å². The minimum atomic E-state index is -0.894. The van der Waals surface area contributed by atoms with Gasteiger partial charge in [-0.1, -0.05) is 0 Å². The number of aromatic carboxylic acids is 1. The molecule has 0 saturated carbocycles. The van der Waals surface area contributed by atoms with Crippen LogP contribution in [0.5, 0.6) is 0 Å². The predicted molar refractivity (Wildman–Crippen MR) is 62.5 cm³/mol. The lowest BCUT2D eigenvalue weighted by Crippen LogP contribution is -2.17. The molecule has 0 spiro atoms. The zero-order valence-corrected chi connectivity index (χ0v) is 9.83. The fourth-order valence-electron chi connectivity index (χ4n) is 1.85. The number of hydrogen-bond donors (Lipinski definition) is 1. The first-order chi connectivity index (χ1) is 7.18. The first-order valence-corrected chi connectivity index (χ1v) is 5.75. The maximum atomic E-state index is 10.8. The van der Waals surface area contributed by atoms with Crippen molar-refractivity contribution >= 4 is 27.6 Å². The number of halogens is 1. The van der Waals surface area contributed by atoms with Gasteiger partial charge in [-0.25, -0.2) is 4.79 Å². The molecule has 80 valence electrons. The Hall–Kier alpha value is -1.03. The van der Waals surface area contributed by atoms with Crippen LogP contribution in [0.25, 0.3) is 0 Å². The van der Waals surface area contributed by atoms with Gasteiger partial charge in [-0.15, -0.1) is 0 Å². The molecule has 0 radical (unpaired) electrons. The molecule has 1 saturated heterocycles. The number of rotatable bonds is 2. The summed E-state index contributed by atoms with van der Waals surface area (Å²) in [6.07, 6.45) is 2.44. The van der Waals surface area contributed by atoms with E-state index < -0.39 is 5.97 Å². The quantitative estimate of drug-likeness (QED) is 0.898. The Balaban J connectivity index is 2.28. The number of carbonyl (C=O) groups is 1. The van der Waals surface area contributed by atoms with Gasteiger partial charge in [-0.2, -0.15) is 0 Å². The van der Waals surface area contributed by atoms with Crippen molar-refractivity contribution in [3.63, 3.8) is 0 Å². The van der Waals surface area contributed by atoms with E-state index in [0.29, 0.717) is 10.0 Å². The number of carboxylic acids is 1. The summed E-state index contributed by atoms with van der Waals surface area (Å²) in [7, 11) is 0. The Morgan fingerprint density at radius 2 is 2.00 bits per heavy atom. The SMILES string of the molecule is O=C(O)c1ccc(N2CCCC2)cc1Br. The van der Waals surface area contributed by atoms with Gasteiger partial charge in [0.05, 0.1) is 5.56 Å². The smallest absolute Gasteiger partial charge is 0.336 e. The second-order valence-electron chi connectivity index (χ2n) is 3.66. The van der Waals surface area contributed by atoms with Gasteiger partial charge >= 0.3 is 5.97 Å². The van der Waals surface area contributed by atoms with Crippen LogP contribution in [-0.2, 0) is 0 Å². The van der Waals surface area contributed by atoms with Crippen LogP contribution in [0.15, 0.2) is 22.7 Å². The lowest BCUT2D eigenvalue weighted by atomic mass is 10.2. The summed E-state index contributed by atoms with van der Waals surface area (Å²) >= 11 is 3.29. The molecule has 3 nitrogen and oxygen atoms in total. The van der Waals surface area contributed by atoms with Gasteiger partial charge in [-0.05, 0) is 47.0 Å². The fraction of sp³-hybridized carbons (Fsp3) is 0.364. The van der Waals surface area contributed by atoms with E-state index in [1.165, 1.54) is 12.8 Å². The second kappa shape index (κ2) is 4.23. The van der Waals surface area contributed by atoms with Gasteiger partial charge in [0.2, 0.25) is 0 Å². The Morgan fingerprint density at radius 1 is 1.33 bits per heavy atom. The van der Waals surface area contributed by atoms with Gasteiger partial charge in [0, 0.05) is 23.2 Å². The molecule has 0 aliphatic carbocycles. The molecule has 1 heterocycles. The topological polar surface area (TPSA) is 40.5 Å². The molecule has 0 amide bonds. The maximum Gasteiger partial charge on any atom is 0.336 e. The van der Waals surface area contributed by atoms with Gasteiger partial charge in [0.15, 0.2) is 0 Å². The molecule has 15 heavy (non-hydrogen) atoms. The summed E-state index contributed by atoms with van der Waals surface area (Å²) < 4.78 is 0.652. The predicted octanol–water partition coefficient (Wildman–Crippen LogP) is 2.75. The zero-order chi connectivity index (χ0) is 10.8. The molecule has 1 N–H and O–H groups in total. The first-order valence-electron chi connectivity index (χ1n) is 4.96. The van der Waals surface area contributed by atoms with Crippen molar-refractivity contribution in [2.24, 2.45) is 0 Å². The number of carboxylic acid groups (broad SMARTS) is 1. The molecular formula is C11H12BrNO2. The normalized spacial score (nSPS) is 15.7. The second-order valence-corrected chi connectivity index (χ2v) is 4.52. The summed E-state index contributed by atoms with van der Waals surface area (Å²) in [5.41, 5.74) is 1.42. The van der Waals surface area contributed by atoms with Crippen LogP contribution in [0, 0.1) is 0 Å². The van der Waals surface area contributed by atoms with Crippen LogP contribution >= 0.6 is 15.9 Å². The van der Waals surface area contributed by atoms with Crippen LogP contribution in [-0.4, -0.2) is 24.2 Å².